The van der Waals surface area contributed by atoms with E-state index in [1.54, 1.807) is 7.11 Å². The molecule has 3 nitrogen and oxygen atoms in total. The monoisotopic (exact) mass is 289 g/mol. The smallest absolute Gasteiger partial charge is 0.134 e. The van der Waals surface area contributed by atoms with Crippen molar-refractivity contribution in [3.05, 3.63) is 29.3 Å². The summed E-state index contributed by atoms with van der Waals surface area (Å²) in [6.07, 6.45) is 1.69. The summed E-state index contributed by atoms with van der Waals surface area (Å²) in [6.45, 7) is 6.58. The molecule has 116 valence electrons. The van der Waals surface area contributed by atoms with Gasteiger partial charge in [0.1, 0.15) is 5.75 Å². The highest BCUT2D eigenvalue weighted by Crippen LogP contribution is 2.20. The van der Waals surface area contributed by atoms with Gasteiger partial charge < -0.3 is 14.7 Å². The van der Waals surface area contributed by atoms with Crippen molar-refractivity contribution in [2.45, 2.75) is 33.2 Å². The first-order valence-electron chi connectivity index (χ1n) is 7.52. The molecule has 21 heavy (non-hydrogen) atoms. The standard InChI is InChI=1S/C18H27NO2/c1-15(2)10-11-19(3)14-16-8-9-18(21-4)17(13-16)7-5-6-12-20/h8-9,13,15,20H,6,10-12,14H2,1-4H3. The summed E-state index contributed by atoms with van der Waals surface area (Å²) in [5.41, 5.74) is 2.12. The van der Waals surface area contributed by atoms with Crippen molar-refractivity contribution in [3.63, 3.8) is 0 Å². The molecule has 0 aromatic heterocycles. The van der Waals surface area contributed by atoms with Crippen LogP contribution in [0.5, 0.6) is 5.75 Å². The fourth-order valence-corrected chi connectivity index (χ4v) is 2.03. The van der Waals surface area contributed by atoms with Gasteiger partial charge >= 0.3 is 0 Å². The lowest BCUT2D eigenvalue weighted by atomic mass is 10.1. The first kappa shape index (κ1) is 17.6. The van der Waals surface area contributed by atoms with Crippen LogP contribution in [-0.2, 0) is 6.54 Å². The zero-order valence-corrected chi connectivity index (χ0v) is 13.6. The number of benzene rings is 1. The van der Waals surface area contributed by atoms with Crippen LogP contribution in [0.4, 0.5) is 0 Å². The minimum Gasteiger partial charge on any atom is -0.495 e. The minimum absolute atomic E-state index is 0.0902. The van der Waals surface area contributed by atoms with Crippen LogP contribution in [0.2, 0.25) is 0 Å². The van der Waals surface area contributed by atoms with Gasteiger partial charge in [0.05, 0.1) is 19.3 Å². The molecule has 1 aromatic carbocycles. The highest BCUT2D eigenvalue weighted by Gasteiger charge is 2.06. The molecule has 3 heteroatoms. The summed E-state index contributed by atoms with van der Waals surface area (Å²) in [5.74, 6) is 7.54. The molecule has 0 heterocycles. The van der Waals surface area contributed by atoms with Crippen molar-refractivity contribution in [1.29, 1.82) is 0 Å². The van der Waals surface area contributed by atoms with Crippen LogP contribution in [0, 0.1) is 17.8 Å². The first-order chi connectivity index (χ1) is 10.1. The zero-order chi connectivity index (χ0) is 15.7. The van der Waals surface area contributed by atoms with Gasteiger partial charge in [0.25, 0.3) is 0 Å². The van der Waals surface area contributed by atoms with Crippen molar-refractivity contribution in [2.75, 3.05) is 27.3 Å². The van der Waals surface area contributed by atoms with Gasteiger partial charge in [-0.1, -0.05) is 31.8 Å². The average molecular weight is 289 g/mol. The third-order valence-corrected chi connectivity index (χ3v) is 3.26. The number of hydrogen-bond donors (Lipinski definition) is 1. The molecule has 0 aliphatic rings. The van der Waals surface area contributed by atoms with E-state index in [1.807, 2.05) is 6.07 Å². The molecule has 0 aliphatic carbocycles. The third kappa shape index (κ3) is 6.66. The van der Waals surface area contributed by atoms with Crippen molar-refractivity contribution in [1.82, 2.24) is 4.90 Å². The third-order valence-electron chi connectivity index (χ3n) is 3.26. The van der Waals surface area contributed by atoms with Gasteiger partial charge in [0.15, 0.2) is 0 Å². The summed E-state index contributed by atoms with van der Waals surface area (Å²) in [7, 11) is 3.80. The van der Waals surface area contributed by atoms with Crippen molar-refractivity contribution in [2.24, 2.45) is 5.92 Å². The second-order valence-corrected chi connectivity index (χ2v) is 5.73. The lowest BCUT2D eigenvalue weighted by Crippen LogP contribution is -2.20. The lowest BCUT2D eigenvalue weighted by molar-refractivity contribution is 0.303. The number of aliphatic hydroxyl groups is 1. The van der Waals surface area contributed by atoms with Crippen LogP contribution in [0.1, 0.15) is 37.8 Å². The highest BCUT2D eigenvalue weighted by atomic mass is 16.5. The quantitative estimate of drug-likeness (QED) is 0.783. The van der Waals surface area contributed by atoms with Crippen molar-refractivity contribution in [3.8, 4) is 17.6 Å². The van der Waals surface area contributed by atoms with Crippen molar-refractivity contribution < 1.29 is 9.84 Å². The van der Waals surface area contributed by atoms with Crippen LogP contribution in [0.3, 0.4) is 0 Å². The Balaban J connectivity index is 2.76. The topological polar surface area (TPSA) is 32.7 Å². The van der Waals surface area contributed by atoms with Gasteiger partial charge in [-0.05, 0) is 43.6 Å². The number of hydrogen-bond acceptors (Lipinski definition) is 3. The maximum absolute atomic E-state index is 8.81. The Morgan fingerprint density at radius 3 is 2.71 bits per heavy atom. The number of aliphatic hydroxyl groups excluding tert-OH is 1. The van der Waals surface area contributed by atoms with E-state index in [0.29, 0.717) is 6.42 Å². The SMILES string of the molecule is COc1ccc(CN(C)CCC(C)C)cc1C#CCCO. The second-order valence-electron chi connectivity index (χ2n) is 5.73. The highest BCUT2D eigenvalue weighted by molar-refractivity contribution is 5.48. The van der Waals surface area contributed by atoms with E-state index in [1.165, 1.54) is 12.0 Å². The number of methoxy groups -OCH3 is 1. The molecule has 0 atom stereocenters. The normalized spacial score (nSPS) is 10.6. The zero-order valence-electron chi connectivity index (χ0n) is 13.6. The van der Waals surface area contributed by atoms with E-state index in [0.717, 1.165) is 30.3 Å². The predicted octanol–water partition coefficient (Wildman–Crippen LogP) is 2.91. The fraction of sp³-hybridized carbons (Fsp3) is 0.556. The van der Waals surface area contributed by atoms with Gasteiger partial charge in [0.2, 0.25) is 0 Å². The molecule has 0 bridgehead atoms. The molecular formula is C18H27NO2. The second kappa shape index (κ2) is 9.44. The van der Waals surface area contributed by atoms with Gasteiger partial charge in [-0.15, -0.1) is 0 Å². The summed E-state index contributed by atoms with van der Waals surface area (Å²) < 4.78 is 5.34. The Bertz CT molecular complexity index is 486. The molecule has 1 N–H and O–H groups in total. The Labute approximate surface area is 128 Å². The predicted molar refractivity (Wildman–Crippen MR) is 87.4 cm³/mol. The van der Waals surface area contributed by atoms with Gasteiger partial charge in [-0.2, -0.15) is 0 Å². The molecule has 0 saturated heterocycles. The average Bonchev–Trinajstić information content (AvgIpc) is 2.46. The summed E-state index contributed by atoms with van der Waals surface area (Å²) in [4.78, 5) is 2.33. The summed E-state index contributed by atoms with van der Waals surface area (Å²) >= 11 is 0. The van der Waals surface area contributed by atoms with E-state index in [9.17, 15) is 0 Å². The molecule has 0 fully saturated rings. The van der Waals surface area contributed by atoms with Crippen LogP contribution >= 0.6 is 0 Å². The lowest BCUT2D eigenvalue weighted by Gasteiger charge is -2.18. The number of rotatable bonds is 7. The fourth-order valence-electron chi connectivity index (χ4n) is 2.03. The summed E-state index contributed by atoms with van der Waals surface area (Å²) in [6, 6.07) is 6.13. The molecule has 0 amide bonds. The Hall–Kier alpha value is -1.50. The number of ether oxygens (including phenoxy) is 1. The van der Waals surface area contributed by atoms with Gasteiger partial charge in [-0.25, -0.2) is 0 Å². The maximum atomic E-state index is 8.81. The maximum Gasteiger partial charge on any atom is 0.134 e. The molecular weight excluding hydrogens is 262 g/mol. The largest absolute Gasteiger partial charge is 0.495 e. The Morgan fingerprint density at radius 2 is 2.10 bits per heavy atom. The Morgan fingerprint density at radius 1 is 1.33 bits per heavy atom. The molecule has 0 spiro atoms. The van der Waals surface area contributed by atoms with Crippen molar-refractivity contribution >= 4 is 0 Å². The molecule has 0 saturated carbocycles. The molecule has 1 aromatic rings. The number of nitrogens with zero attached hydrogens (tertiary/aromatic N) is 1. The first-order valence-corrected chi connectivity index (χ1v) is 7.52. The van der Waals surface area contributed by atoms with Crippen LogP contribution in [0.15, 0.2) is 18.2 Å². The molecule has 0 aliphatic heterocycles. The summed E-state index contributed by atoms with van der Waals surface area (Å²) in [5, 5.41) is 8.81. The van der Waals surface area contributed by atoms with E-state index in [-0.39, 0.29) is 6.61 Å². The minimum atomic E-state index is 0.0902. The Kier molecular flexibility index (Phi) is 7.89. The van der Waals surface area contributed by atoms with Crippen LogP contribution in [0.25, 0.3) is 0 Å². The molecule has 1 rings (SSSR count). The van der Waals surface area contributed by atoms with Crippen LogP contribution < -0.4 is 4.74 Å². The van der Waals surface area contributed by atoms with Gasteiger partial charge in [0, 0.05) is 13.0 Å². The van der Waals surface area contributed by atoms with Crippen LogP contribution in [-0.4, -0.2) is 37.3 Å². The van der Waals surface area contributed by atoms with E-state index in [2.05, 4.69) is 49.8 Å². The van der Waals surface area contributed by atoms with E-state index in [4.69, 9.17) is 9.84 Å². The van der Waals surface area contributed by atoms with Gasteiger partial charge in [-0.3, -0.25) is 0 Å². The van der Waals surface area contributed by atoms with E-state index < -0.39 is 0 Å². The molecule has 0 unspecified atom stereocenters. The molecule has 0 radical (unpaired) electrons. The van der Waals surface area contributed by atoms with E-state index >= 15 is 0 Å².